The summed E-state index contributed by atoms with van der Waals surface area (Å²) in [5.74, 6) is 0.00226. The summed E-state index contributed by atoms with van der Waals surface area (Å²) in [5, 5.41) is 10.5. The number of rotatable bonds is 4. The second kappa shape index (κ2) is 5.71. The zero-order valence-corrected chi connectivity index (χ0v) is 13.6. The molecular weight excluding hydrogens is 302 g/mol. The number of hydrogen-bond acceptors (Lipinski definition) is 2. The van der Waals surface area contributed by atoms with Crippen LogP contribution >= 0.6 is 0 Å². The number of aryl methyl sites for hydroxylation is 2. The first kappa shape index (κ1) is 14.8. The van der Waals surface area contributed by atoms with E-state index in [4.69, 9.17) is 4.74 Å². The minimum Gasteiger partial charge on any atom is -0.497 e. The molecule has 0 unspecified atom stereocenters. The maximum absolute atomic E-state index is 11.5. The number of carboxylic acids is 1. The molecule has 1 N–H and O–H groups in total. The Kier molecular flexibility index (Phi) is 3.53. The molecule has 0 aliphatic carbocycles. The second-order valence-electron chi connectivity index (χ2n) is 6.19. The normalized spacial score (nSPS) is 13.2. The van der Waals surface area contributed by atoms with E-state index < -0.39 is 5.97 Å². The van der Waals surface area contributed by atoms with E-state index in [2.05, 4.69) is 10.6 Å². The standard InChI is InChI=1S/C20H19NO3/c1-24-15-9-7-14(8-10-15)20-17(12-18(22)23)16-6-2-4-13-5-3-11-21(20)19(13)16/h2,4,6-10H,3,5,11-12H2,1H3,(H,22,23). The molecule has 2 heterocycles. The summed E-state index contributed by atoms with van der Waals surface area (Å²) in [7, 11) is 1.65. The molecule has 0 saturated carbocycles. The van der Waals surface area contributed by atoms with Gasteiger partial charge in [0.05, 0.1) is 24.7 Å². The molecule has 0 amide bonds. The number of hydrogen-bond donors (Lipinski definition) is 1. The minimum absolute atomic E-state index is 0.0360. The third-order valence-electron chi connectivity index (χ3n) is 4.79. The Labute approximate surface area is 140 Å². The van der Waals surface area contributed by atoms with Crippen molar-refractivity contribution >= 4 is 16.9 Å². The molecule has 0 bridgehead atoms. The number of carbonyl (C=O) groups is 1. The molecule has 0 spiro atoms. The van der Waals surface area contributed by atoms with Gasteiger partial charge in [0.15, 0.2) is 0 Å². The van der Waals surface area contributed by atoms with Gasteiger partial charge in [-0.1, -0.05) is 18.2 Å². The minimum atomic E-state index is -0.798. The molecule has 1 aliphatic heterocycles. The number of aliphatic carboxylic acids is 1. The van der Waals surface area contributed by atoms with Crippen LogP contribution in [0.2, 0.25) is 0 Å². The van der Waals surface area contributed by atoms with Gasteiger partial charge in [-0.25, -0.2) is 0 Å². The third kappa shape index (κ3) is 2.26. The van der Waals surface area contributed by atoms with Gasteiger partial charge in [0.25, 0.3) is 0 Å². The van der Waals surface area contributed by atoms with E-state index in [1.165, 1.54) is 11.1 Å². The average Bonchev–Trinajstić information content (AvgIpc) is 2.90. The van der Waals surface area contributed by atoms with Crippen LogP contribution in [-0.4, -0.2) is 22.8 Å². The summed E-state index contributed by atoms with van der Waals surface area (Å²) >= 11 is 0. The van der Waals surface area contributed by atoms with Crippen LogP contribution in [0.15, 0.2) is 42.5 Å². The van der Waals surface area contributed by atoms with E-state index >= 15 is 0 Å². The molecular formula is C20H19NO3. The fraction of sp³-hybridized carbons (Fsp3) is 0.250. The lowest BCUT2D eigenvalue weighted by Crippen LogP contribution is -2.09. The molecule has 2 aromatic carbocycles. The van der Waals surface area contributed by atoms with Crippen LogP contribution in [0.25, 0.3) is 22.2 Å². The van der Waals surface area contributed by atoms with Gasteiger partial charge in [-0.3, -0.25) is 4.79 Å². The number of methoxy groups -OCH3 is 1. The molecule has 0 radical (unpaired) electrons. The number of carboxylic acid groups (broad SMARTS) is 1. The first-order valence-electron chi connectivity index (χ1n) is 8.18. The van der Waals surface area contributed by atoms with Crippen LogP contribution in [0.3, 0.4) is 0 Å². The summed E-state index contributed by atoms with van der Waals surface area (Å²) < 4.78 is 7.54. The Morgan fingerprint density at radius 1 is 1.21 bits per heavy atom. The lowest BCUT2D eigenvalue weighted by molar-refractivity contribution is -0.136. The number of benzene rings is 2. The summed E-state index contributed by atoms with van der Waals surface area (Å²) in [4.78, 5) is 11.5. The Morgan fingerprint density at radius 2 is 2.00 bits per heavy atom. The maximum Gasteiger partial charge on any atom is 0.307 e. The van der Waals surface area contributed by atoms with Crippen molar-refractivity contribution in [3.8, 4) is 17.0 Å². The second-order valence-corrected chi connectivity index (χ2v) is 6.19. The van der Waals surface area contributed by atoms with E-state index in [9.17, 15) is 9.90 Å². The van der Waals surface area contributed by atoms with Gasteiger partial charge in [0, 0.05) is 11.9 Å². The quantitative estimate of drug-likeness (QED) is 0.793. The summed E-state index contributed by atoms with van der Waals surface area (Å²) in [5.41, 5.74) is 5.49. The molecule has 4 rings (SSSR count). The molecule has 4 heteroatoms. The molecule has 0 fully saturated rings. The van der Waals surface area contributed by atoms with Gasteiger partial charge in [0.2, 0.25) is 0 Å². The lowest BCUT2D eigenvalue weighted by atomic mass is 10.0. The Balaban J connectivity index is 2.02. The number of para-hydroxylation sites is 1. The van der Waals surface area contributed by atoms with Crippen molar-refractivity contribution in [1.82, 2.24) is 4.57 Å². The van der Waals surface area contributed by atoms with Crippen molar-refractivity contribution in [1.29, 1.82) is 0 Å². The van der Waals surface area contributed by atoms with E-state index in [0.29, 0.717) is 0 Å². The highest BCUT2D eigenvalue weighted by atomic mass is 16.5. The van der Waals surface area contributed by atoms with Crippen molar-refractivity contribution in [2.24, 2.45) is 0 Å². The first-order chi connectivity index (χ1) is 11.7. The van der Waals surface area contributed by atoms with Crippen LogP contribution in [0.1, 0.15) is 17.5 Å². The van der Waals surface area contributed by atoms with Crippen LogP contribution in [0.5, 0.6) is 5.75 Å². The van der Waals surface area contributed by atoms with E-state index in [1.807, 2.05) is 36.4 Å². The zero-order chi connectivity index (χ0) is 16.7. The predicted molar refractivity (Wildman–Crippen MR) is 93.6 cm³/mol. The highest BCUT2D eigenvalue weighted by Gasteiger charge is 2.24. The van der Waals surface area contributed by atoms with Crippen molar-refractivity contribution in [2.45, 2.75) is 25.8 Å². The Hall–Kier alpha value is -2.75. The van der Waals surface area contributed by atoms with E-state index in [-0.39, 0.29) is 6.42 Å². The molecule has 24 heavy (non-hydrogen) atoms. The van der Waals surface area contributed by atoms with Gasteiger partial charge in [-0.2, -0.15) is 0 Å². The van der Waals surface area contributed by atoms with Crippen LogP contribution in [-0.2, 0) is 24.2 Å². The molecule has 1 aromatic heterocycles. The van der Waals surface area contributed by atoms with Crippen molar-refractivity contribution in [3.63, 3.8) is 0 Å². The molecule has 1 aliphatic rings. The van der Waals surface area contributed by atoms with Gasteiger partial charge in [0.1, 0.15) is 5.75 Å². The maximum atomic E-state index is 11.5. The molecule has 0 atom stereocenters. The van der Waals surface area contributed by atoms with Gasteiger partial charge in [-0.15, -0.1) is 0 Å². The fourth-order valence-electron chi connectivity index (χ4n) is 3.82. The smallest absolute Gasteiger partial charge is 0.307 e. The van der Waals surface area contributed by atoms with Crippen LogP contribution < -0.4 is 4.74 Å². The van der Waals surface area contributed by atoms with Gasteiger partial charge >= 0.3 is 5.97 Å². The van der Waals surface area contributed by atoms with Crippen molar-refractivity contribution in [3.05, 3.63) is 53.6 Å². The average molecular weight is 321 g/mol. The summed E-state index contributed by atoms with van der Waals surface area (Å²) in [6.45, 7) is 0.925. The highest BCUT2D eigenvalue weighted by molar-refractivity contribution is 5.96. The van der Waals surface area contributed by atoms with Crippen molar-refractivity contribution < 1.29 is 14.6 Å². The molecule has 0 saturated heterocycles. The van der Waals surface area contributed by atoms with E-state index in [1.54, 1.807) is 7.11 Å². The highest BCUT2D eigenvalue weighted by Crippen LogP contribution is 2.38. The summed E-state index contributed by atoms with van der Waals surface area (Å²) in [6.07, 6.45) is 2.17. The number of ether oxygens (including phenoxy) is 1. The Bertz CT molecular complexity index is 922. The molecule has 4 nitrogen and oxygen atoms in total. The van der Waals surface area contributed by atoms with E-state index in [0.717, 1.165) is 47.3 Å². The first-order valence-corrected chi connectivity index (χ1v) is 8.18. The molecule has 3 aromatic rings. The fourth-order valence-corrected chi connectivity index (χ4v) is 3.82. The molecule has 122 valence electrons. The number of aromatic nitrogens is 1. The third-order valence-corrected chi connectivity index (χ3v) is 4.79. The van der Waals surface area contributed by atoms with Crippen molar-refractivity contribution in [2.75, 3.05) is 7.11 Å². The van der Waals surface area contributed by atoms with Crippen LogP contribution in [0.4, 0.5) is 0 Å². The topological polar surface area (TPSA) is 51.5 Å². The SMILES string of the molecule is COc1ccc(-c2c(CC(=O)O)c3cccc4c3n2CCC4)cc1. The predicted octanol–water partition coefficient (Wildman–Crippen LogP) is 3.89. The monoisotopic (exact) mass is 321 g/mol. The lowest BCUT2D eigenvalue weighted by Gasteiger charge is -2.18. The Morgan fingerprint density at radius 3 is 2.71 bits per heavy atom. The van der Waals surface area contributed by atoms with Gasteiger partial charge < -0.3 is 14.4 Å². The zero-order valence-electron chi connectivity index (χ0n) is 13.6. The largest absolute Gasteiger partial charge is 0.497 e. The van der Waals surface area contributed by atoms with Crippen LogP contribution in [0, 0.1) is 0 Å². The van der Waals surface area contributed by atoms with Gasteiger partial charge in [-0.05, 0) is 53.8 Å². The summed E-state index contributed by atoms with van der Waals surface area (Å²) in [6, 6.07) is 14.1. The number of nitrogens with zero attached hydrogens (tertiary/aromatic N) is 1.